The van der Waals surface area contributed by atoms with Gasteiger partial charge in [0.25, 0.3) is 0 Å². The van der Waals surface area contributed by atoms with Crippen LogP contribution in [0, 0.1) is 0 Å². The van der Waals surface area contributed by atoms with E-state index in [9.17, 15) is 0 Å². The number of benzene rings is 3. The van der Waals surface area contributed by atoms with E-state index in [0.29, 0.717) is 0 Å². The highest BCUT2D eigenvalue weighted by Gasteiger charge is 2.10. The van der Waals surface area contributed by atoms with E-state index in [0.717, 1.165) is 31.0 Å². The highest BCUT2D eigenvalue weighted by atomic mass is 15.1. The van der Waals surface area contributed by atoms with Gasteiger partial charge in [-0.05, 0) is 42.8 Å². The standard InChI is InChI=1S/C24H24N4/c1-3-28-21-10-6-4-8-18(21)19-14-17(12-13-22(19)28)15-25-16-24-26-20-9-5-7-11-23(20)27(24)2/h4-14,25H,3,15-16H2,1-2H3. The van der Waals surface area contributed by atoms with Gasteiger partial charge < -0.3 is 14.5 Å². The molecule has 0 radical (unpaired) electrons. The molecule has 5 rings (SSSR count). The predicted molar refractivity (Wildman–Crippen MR) is 116 cm³/mol. The molecule has 0 unspecified atom stereocenters. The molecule has 0 aliphatic rings. The number of aromatic nitrogens is 3. The molecule has 0 spiro atoms. The van der Waals surface area contributed by atoms with Crippen LogP contribution in [0.5, 0.6) is 0 Å². The fraction of sp³-hybridized carbons (Fsp3) is 0.208. The molecule has 0 fully saturated rings. The molecule has 0 atom stereocenters. The lowest BCUT2D eigenvalue weighted by atomic mass is 10.1. The molecule has 0 saturated heterocycles. The van der Waals surface area contributed by atoms with Crippen LogP contribution in [-0.2, 0) is 26.7 Å². The number of nitrogens with zero attached hydrogens (tertiary/aromatic N) is 3. The number of para-hydroxylation sites is 3. The molecule has 140 valence electrons. The quantitative estimate of drug-likeness (QED) is 0.474. The zero-order valence-corrected chi connectivity index (χ0v) is 16.3. The SMILES string of the molecule is CCn1c2ccccc2c2cc(CNCc3nc4ccccc4n3C)ccc21. The van der Waals surface area contributed by atoms with Crippen LogP contribution in [0.3, 0.4) is 0 Å². The minimum absolute atomic E-state index is 0.750. The Bertz CT molecular complexity index is 1290. The van der Waals surface area contributed by atoms with Gasteiger partial charge in [-0.1, -0.05) is 36.4 Å². The van der Waals surface area contributed by atoms with E-state index in [1.54, 1.807) is 0 Å². The van der Waals surface area contributed by atoms with Crippen molar-refractivity contribution in [1.82, 2.24) is 19.4 Å². The Balaban J connectivity index is 1.41. The van der Waals surface area contributed by atoms with Gasteiger partial charge in [0.05, 0.1) is 17.6 Å². The maximum Gasteiger partial charge on any atom is 0.123 e. The normalized spacial score (nSPS) is 11.8. The average Bonchev–Trinajstić information content (AvgIpc) is 3.23. The van der Waals surface area contributed by atoms with Gasteiger partial charge in [0.15, 0.2) is 0 Å². The second-order valence-corrected chi connectivity index (χ2v) is 7.29. The first-order valence-corrected chi connectivity index (χ1v) is 9.87. The lowest BCUT2D eigenvalue weighted by molar-refractivity contribution is 0.644. The molecule has 5 aromatic rings. The molecule has 2 heterocycles. The van der Waals surface area contributed by atoms with Gasteiger partial charge in [0, 0.05) is 41.9 Å². The van der Waals surface area contributed by atoms with Crippen molar-refractivity contribution in [2.75, 3.05) is 0 Å². The second kappa shape index (κ2) is 6.80. The predicted octanol–water partition coefficient (Wildman–Crippen LogP) is 4.99. The molecular weight excluding hydrogens is 344 g/mol. The number of hydrogen-bond donors (Lipinski definition) is 1. The maximum atomic E-state index is 4.75. The minimum atomic E-state index is 0.750. The Hall–Kier alpha value is -3.11. The van der Waals surface area contributed by atoms with Crippen molar-refractivity contribution in [2.24, 2.45) is 7.05 Å². The summed E-state index contributed by atoms with van der Waals surface area (Å²) in [7, 11) is 2.08. The van der Waals surface area contributed by atoms with Crippen molar-refractivity contribution in [3.63, 3.8) is 0 Å². The molecule has 0 aliphatic carbocycles. The Morgan fingerprint density at radius 3 is 2.39 bits per heavy atom. The van der Waals surface area contributed by atoms with Crippen LogP contribution in [0.1, 0.15) is 18.3 Å². The Labute approximate surface area is 164 Å². The molecule has 28 heavy (non-hydrogen) atoms. The van der Waals surface area contributed by atoms with Gasteiger partial charge in [-0.25, -0.2) is 4.98 Å². The second-order valence-electron chi connectivity index (χ2n) is 7.29. The molecule has 1 N–H and O–H groups in total. The fourth-order valence-electron chi connectivity index (χ4n) is 4.22. The molecule has 0 saturated carbocycles. The highest BCUT2D eigenvalue weighted by molar-refractivity contribution is 6.08. The van der Waals surface area contributed by atoms with Crippen molar-refractivity contribution in [3.8, 4) is 0 Å². The number of fused-ring (bicyclic) bond motifs is 4. The van der Waals surface area contributed by atoms with E-state index in [1.807, 2.05) is 6.07 Å². The summed E-state index contributed by atoms with van der Waals surface area (Å²) in [5.41, 5.74) is 6.14. The van der Waals surface area contributed by atoms with Crippen molar-refractivity contribution < 1.29 is 0 Å². The summed E-state index contributed by atoms with van der Waals surface area (Å²) >= 11 is 0. The van der Waals surface area contributed by atoms with Gasteiger partial charge in [0.2, 0.25) is 0 Å². The van der Waals surface area contributed by atoms with Gasteiger partial charge in [-0.3, -0.25) is 0 Å². The summed E-state index contributed by atoms with van der Waals surface area (Å²) < 4.78 is 4.56. The lowest BCUT2D eigenvalue weighted by Gasteiger charge is -2.07. The van der Waals surface area contributed by atoms with Crippen LogP contribution in [0.2, 0.25) is 0 Å². The summed E-state index contributed by atoms with van der Waals surface area (Å²) in [4.78, 5) is 4.75. The van der Waals surface area contributed by atoms with Crippen LogP contribution in [0.4, 0.5) is 0 Å². The smallest absolute Gasteiger partial charge is 0.123 e. The van der Waals surface area contributed by atoms with Crippen LogP contribution >= 0.6 is 0 Å². The first kappa shape index (κ1) is 17.0. The lowest BCUT2D eigenvalue weighted by Crippen LogP contribution is -2.15. The van der Waals surface area contributed by atoms with Crippen LogP contribution in [0.25, 0.3) is 32.8 Å². The Morgan fingerprint density at radius 2 is 1.57 bits per heavy atom. The first-order chi connectivity index (χ1) is 13.8. The van der Waals surface area contributed by atoms with E-state index in [2.05, 4.69) is 89.1 Å². The zero-order chi connectivity index (χ0) is 19.1. The molecule has 0 bridgehead atoms. The van der Waals surface area contributed by atoms with E-state index < -0.39 is 0 Å². The third kappa shape index (κ3) is 2.69. The summed E-state index contributed by atoms with van der Waals surface area (Å²) in [6.45, 7) is 4.76. The largest absolute Gasteiger partial charge is 0.341 e. The summed E-state index contributed by atoms with van der Waals surface area (Å²) in [5.74, 6) is 1.06. The van der Waals surface area contributed by atoms with Crippen molar-refractivity contribution in [1.29, 1.82) is 0 Å². The van der Waals surface area contributed by atoms with E-state index in [-0.39, 0.29) is 0 Å². The van der Waals surface area contributed by atoms with Crippen LogP contribution in [0.15, 0.2) is 66.7 Å². The third-order valence-corrected chi connectivity index (χ3v) is 5.65. The number of aryl methyl sites for hydroxylation is 2. The van der Waals surface area contributed by atoms with Gasteiger partial charge >= 0.3 is 0 Å². The topological polar surface area (TPSA) is 34.8 Å². The molecule has 4 nitrogen and oxygen atoms in total. The molecule has 2 aromatic heterocycles. The molecule has 3 aromatic carbocycles. The molecule has 0 aliphatic heterocycles. The Morgan fingerprint density at radius 1 is 0.821 bits per heavy atom. The molecular formula is C24H24N4. The summed E-state index contributed by atoms with van der Waals surface area (Å²) in [6, 6.07) is 23.8. The van der Waals surface area contributed by atoms with Crippen LogP contribution < -0.4 is 5.32 Å². The number of nitrogens with one attached hydrogen (secondary N) is 1. The van der Waals surface area contributed by atoms with E-state index in [4.69, 9.17) is 4.98 Å². The molecule has 4 heteroatoms. The first-order valence-electron chi connectivity index (χ1n) is 9.87. The Kier molecular flexibility index (Phi) is 4.14. The van der Waals surface area contributed by atoms with Gasteiger partial charge in [0.1, 0.15) is 5.82 Å². The summed E-state index contributed by atoms with van der Waals surface area (Å²) in [6.07, 6.45) is 0. The third-order valence-electron chi connectivity index (χ3n) is 5.65. The monoisotopic (exact) mass is 368 g/mol. The fourth-order valence-corrected chi connectivity index (χ4v) is 4.22. The minimum Gasteiger partial charge on any atom is -0.341 e. The number of rotatable bonds is 5. The van der Waals surface area contributed by atoms with Crippen molar-refractivity contribution in [3.05, 3.63) is 78.1 Å². The van der Waals surface area contributed by atoms with Gasteiger partial charge in [-0.15, -0.1) is 0 Å². The van der Waals surface area contributed by atoms with E-state index in [1.165, 1.54) is 32.9 Å². The summed E-state index contributed by atoms with van der Waals surface area (Å²) in [5, 5.41) is 6.23. The highest BCUT2D eigenvalue weighted by Crippen LogP contribution is 2.29. The number of hydrogen-bond acceptors (Lipinski definition) is 2. The van der Waals surface area contributed by atoms with Crippen LogP contribution in [-0.4, -0.2) is 14.1 Å². The molecule has 0 amide bonds. The van der Waals surface area contributed by atoms with E-state index >= 15 is 0 Å². The number of imidazole rings is 1. The van der Waals surface area contributed by atoms with Crippen molar-refractivity contribution in [2.45, 2.75) is 26.6 Å². The van der Waals surface area contributed by atoms with Gasteiger partial charge in [-0.2, -0.15) is 0 Å². The average molecular weight is 368 g/mol. The van der Waals surface area contributed by atoms with Crippen molar-refractivity contribution >= 4 is 32.8 Å². The zero-order valence-electron chi connectivity index (χ0n) is 16.3. The maximum absolute atomic E-state index is 4.75.